The summed E-state index contributed by atoms with van der Waals surface area (Å²) in [6, 6.07) is 0.0284. The Bertz CT molecular complexity index is 233. The minimum absolute atomic E-state index is 0.0284. The minimum Gasteiger partial charge on any atom is -0.394 e. The summed E-state index contributed by atoms with van der Waals surface area (Å²) < 4.78 is 0. The maximum atomic E-state index is 12.0. The molecule has 0 spiro atoms. The average Bonchev–Trinajstić information content (AvgIpc) is 2.66. The van der Waals surface area contributed by atoms with E-state index in [2.05, 4.69) is 13.8 Å². The predicted molar refractivity (Wildman–Crippen MR) is 63.8 cm³/mol. The van der Waals surface area contributed by atoms with Gasteiger partial charge in [0.25, 0.3) is 0 Å². The van der Waals surface area contributed by atoms with Gasteiger partial charge in [0.15, 0.2) is 0 Å². The Hall–Kier alpha value is -0.610. The van der Waals surface area contributed by atoms with Crippen LogP contribution in [0, 0.1) is 11.8 Å². The second-order valence-corrected chi connectivity index (χ2v) is 4.98. The van der Waals surface area contributed by atoms with Crippen LogP contribution in [0.5, 0.6) is 0 Å². The van der Waals surface area contributed by atoms with Gasteiger partial charge in [-0.2, -0.15) is 0 Å². The second-order valence-electron chi connectivity index (χ2n) is 4.98. The lowest BCUT2D eigenvalue weighted by Crippen LogP contribution is -2.39. The first-order valence-corrected chi connectivity index (χ1v) is 6.20. The average molecular weight is 228 g/mol. The molecule has 1 aliphatic rings. The van der Waals surface area contributed by atoms with Crippen molar-refractivity contribution in [3.63, 3.8) is 0 Å². The van der Waals surface area contributed by atoms with Crippen LogP contribution in [0.4, 0.5) is 0 Å². The molecular formula is C12H24N2O2. The lowest BCUT2D eigenvalue weighted by atomic mass is 10.0. The molecule has 0 aromatic carbocycles. The number of hydrogen-bond acceptors (Lipinski definition) is 3. The number of nitrogens with two attached hydrogens (primary N) is 1. The fourth-order valence-corrected chi connectivity index (χ4v) is 2.23. The lowest BCUT2D eigenvalue weighted by Gasteiger charge is -2.25. The summed E-state index contributed by atoms with van der Waals surface area (Å²) in [6.45, 7) is 5.66. The first-order valence-electron chi connectivity index (χ1n) is 6.20. The van der Waals surface area contributed by atoms with E-state index in [0.29, 0.717) is 24.8 Å². The van der Waals surface area contributed by atoms with E-state index in [4.69, 9.17) is 5.73 Å². The van der Waals surface area contributed by atoms with Crippen LogP contribution in [0.15, 0.2) is 0 Å². The van der Waals surface area contributed by atoms with E-state index < -0.39 is 0 Å². The van der Waals surface area contributed by atoms with Crippen LogP contribution in [-0.2, 0) is 4.79 Å². The molecule has 1 fully saturated rings. The fraction of sp³-hybridized carbons (Fsp3) is 0.917. The van der Waals surface area contributed by atoms with Crippen molar-refractivity contribution in [1.29, 1.82) is 0 Å². The highest BCUT2D eigenvalue weighted by molar-refractivity contribution is 5.76. The Morgan fingerprint density at radius 2 is 2.31 bits per heavy atom. The summed E-state index contributed by atoms with van der Waals surface area (Å²) in [4.78, 5) is 13.8. The standard InChI is InChI=1S/C12H24N2O2/c1-9(7-13)3-4-12(16)14-6-5-10(2)11(14)8-15/h9-11,15H,3-8,13H2,1-2H3. The molecule has 0 aromatic heterocycles. The van der Waals surface area contributed by atoms with E-state index in [1.807, 2.05) is 4.90 Å². The molecule has 1 amide bonds. The molecule has 16 heavy (non-hydrogen) atoms. The summed E-state index contributed by atoms with van der Waals surface area (Å²) in [5.41, 5.74) is 5.52. The Morgan fingerprint density at radius 1 is 1.62 bits per heavy atom. The van der Waals surface area contributed by atoms with Crippen molar-refractivity contribution in [3.05, 3.63) is 0 Å². The van der Waals surface area contributed by atoms with Gasteiger partial charge in [-0.05, 0) is 31.2 Å². The lowest BCUT2D eigenvalue weighted by molar-refractivity contribution is -0.133. The monoisotopic (exact) mass is 228 g/mol. The quantitative estimate of drug-likeness (QED) is 0.724. The van der Waals surface area contributed by atoms with Crippen LogP contribution in [0.25, 0.3) is 0 Å². The zero-order valence-electron chi connectivity index (χ0n) is 10.4. The molecule has 94 valence electrons. The van der Waals surface area contributed by atoms with Gasteiger partial charge in [-0.3, -0.25) is 4.79 Å². The molecule has 0 aliphatic carbocycles. The summed E-state index contributed by atoms with van der Waals surface area (Å²) in [7, 11) is 0. The van der Waals surface area contributed by atoms with E-state index in [1.165, 1.54) is 0 Å². The van der Waals surface area contributed by atoms with Crippen molar-refractivity contribution in [1.82, 2.24) is 4.90 Å². The number of amides is 1. The maximum Gasteiger partial charge on any atom is 0.222 e. The summed E-state index contributed by atoms with van der Waals surface area (Å²) in [5.74, 6) is 0.987. The molecule has 4 heteroatoms. The number of hydrogen-bond donors (Lipinski definition) is 2. The zero-order valence-corrected chi connectivity index (χ0v) is 10.4. The number of likely N-dealkylation sites (tertiary alicyclic amines) is 1. The van der Waals surface area contributed by atoms with E-state index in [0.717, 1.165) is 19.4 Å². The highest BCUT2D eigenvalue weighted by Crippen LogP contribution is 2.24. The highest BCUT2D eigenvalue weighted by Gasteiger charge is 2.33. The van der Waals surface area contributed by atoms with Crippen molar-refractivity contribution in [2.45, 2.75) is 39.2 Å². The fourth-order valence-electron chi connectivity index (χ4n) is 2.23. The van der Waals surface area contributed by atoms with Gasteiger partial charge in [-0.1, -0.05) is 13.8 Å². The Labute approximate surface area is 97.8 Å². The molecule has 0 saturated carbocycles. The molecule has 1 aliphatic heterocycles. The Balaban J connectivity index is 2.41. The molecule has 1 saturated heterocycles. The van der Waals surface area contributed by atoms with Crippen molar-refractivity contribution in [2.75, 3.05) is 19.7 Å². The predicted octanol–water partition coefficient (Wildman–Crippen LogP) is 0.591. The third-order valence-electron chi connectivity index (χ3n) is 3.64. The van der Waals surface area contributed by atoms with E-state index in [-0.39, 0.29) is 18.6 Å². The number of aliphatic hydroxyl groups is 1. The van der Waals surface area contributed by atoms with Gasteiger partial charge in [0, 0.05) is 13.0 Å². The van der Waals surface area contributed by atoms with E-state index >= 15 is 0 Å². The highest BCUT2D eigenvalue weighted by atomic mass is 16.3. The van der Waals surface area contributed by atoms with Crippen molar-refractivity contribution < 1.29 is 9.90 Å². The van der Waals surface area contributed by atoms with Crippen molar-refractivity contribution >= 4 is 5.91 Å². The summed E-state index contributed by atoms with van der Waals surface area (Å²) >= 11 is 0. The number of carbonyl (C=O) groups is 1. The third kappa shape index (κ3) is 3.19. The van der Waals surface area contributed by atoms with Gasteiger partial charge in [-0.15, -0.1) is 0 Å². The summed E-state index contributed by atoms with van der Waals surface area (Å²) in [6.07, 6.45) is 2.41. The van der Waals surface area contributed by atoms with Gasteiger partial charge in [0.2, 0.25) is 5.91 Å². The smallest absolute Gasteiger partial charge is 0.222 e. The van der Waals surface area contributed by atoms with Crippen LogP contribution >= 0.6 is 0 Å². The molecular weight excluding hydrogens is 204 g/mol. The Kier molecular flexibility index (Phi) is 5.22. The SMILES string of the molecule is CC(CN)CCC(=O)N1CCC(C)C1CO. The van der Waals surface area contributed by atoms with Crippen LogP contribution in [0.2, 0.25) is 0 Å². The minimum atomic E-state index is 0.0284. The molecule has 3 atom stereocenters. The molecule has 3 unspecified atom stereocenters. The normalized spacial score (nSPS) is 27.1. The van der Waals surface area contributed by atoms with Crippen LogP contribution in [-0.4, -0.2) is 41.7 Å². The van der Waals surface area contributed by atoms with Crippen LogP contribution in [0.3, 0.4) is 0 Å². The maximum absolute atomic E-state index is 12.0. The van der Waals surface area contributed by atoms with Gasteiger partial charge in [0.1, 0.15) is 0 Å². The molecule has 1 rings (SSSR count). The van der Waals surface area contributed by atoms with Gasteiger partial charge in [0.05, 0.1) is 12.6 Å². The second kappa shape index (κ2) is 6.21. The molecule has 3 N–H and O–H groups in total. The van der Waals surface area contributed by atoms with Gasteiger partial charge >= 0.3 is 0 Å². The molecule has 0 radical (unpaired) electrons. The van der Waals surface area contributed by atoms with Crippen molar-refractivity contribution in [2.24, 2.45) is 17.6 Å². The third-order valence-corrected chi connectivity index (χ3v) is 3.64. The summed E-state index contributed by atoms with van der Waals surface area (Å²) in [5, 5.41) is 9.27. The van der Waals surface area contributed by atoms with Gasteiger partial charge in [-0.25, -0.2) is 0 Å². The number of nitrogens with zero attached hydrogens (tertiary/aromatic N) is 1. The van der Waals surface area contributed by atoms with E-state index in [1.54, 1.807) is 0 Å². The zero-order chi connectivity index (χ0) is 12.1. The van der Waals surface area contributed by atoms with Crippen LogP contribution in [0.1, 0.15) is 33.1 Å². The van der Waals surface area contributed by atoms with Crippen molar-refractivity contribution in [3.8, 4) is 0 Å². The number of carbonyl (C=O) groups excluding carboxylic acids is 1. The molecule has 1 heterocycles. The van der Waals surface area contributed by atoms with E-state index in [9.17, 15) is 9.90 Å². The molecule has 0 bridgehead atoms. The number of rotatable bonds is 5. The number of aliphatic hydroxyl groups excluding tert-OH is 1. The Morgan fingerprint density at radius 3 is 2.88 bits per heavy atom. The first kappa shape index (κ1) is 13.5. The topological polar surface area (TPSA) is 66.6 Å². The molecule has 4 nitrogen and oxygen atoms in total. The first-order chi connectivity index (χ1) is 7.60. The molecule has 0 aromatic rings. The largest absolute Gasteiger partial charge is 0.394 e. The van der Waals surface area contributed by atoms with Gasteiger partial charge < -0.3 is 15.7 Å². The van der Waals surface area contributed by atoms with Crippen LogP contribution < -0.4 is 5.73 Å².